The predicted octanol–water partition coefficient (Wildman–Crippen LogP) is 3.76. The molecule has 2 nitrogen and oxygen atoms in total. The summed E-state index contributed by atoms with van der Waals surface area (Å²) in [7, 11) is 0. The maximum atomic E-state index is 4.00. The van der Waals surface area contributed by atoms with Crippen LogP contribution in [-0.2, 0) is 0 Å². The van der Waals surface area contributed by atoms with Crippen molar-refractivity contribution in [2.24, 2.45) is 5.92 Å². The molecule has 2 aliphatic rings. The van der Waals surface area contributed by atoms with E-state index in [2.05, 4.69) is 42.1 Å². The zero-order valence-electron chi connectivity index (χ0n) is 13.7. The van der Waals surface area contributed by atoms with Gasteiger partial charge >= 0.3 is 0 Å². The highest BCUT2D eigenvalue weighted by Gasteiger charge is 2.29. The van der Waals surface area contributed by atoms with E-state index in [1.54, 1.807) is 0 Å². The number of hydrogen-bond acceptors (Lipinski definition) is 3. The molecule has 2 fully saturated rings. The summed E-state index contributed by atoms with van der Waals surface area (Å²) in [6.45, 7) is 8.67. The van der Waals surface area contributed by atoms with Gasteiger partial charge in [-0.15, -0.1) is 0 Å². The molecule has 0 radical (unpaired) electrons. The lowest BCUT2D eigenvalue weighted by atomic mass is 9.88. The predicted molar refractivity (Wildman–Crippen MR) is 91.6 cm³/mol. The van der Waals surface area contributed by atoms with Crippen LogP contribution in [0, 0.1) is 5.92 Å². The molecule has 1 aliphatic carbocycles. The second-order valence-corrected chi connectivity index (χ2v) is 7.88. The van der Waals surface area contributed by atoms with Gasteiger partial charge in [-0.3, -0.25) is 0 Å². The van der Waals surface area contributed by atoms with E-state index >= 15 is 0 Å². The molecule has 1 N–H and O–H groups in total. The Labute approximate surface area is 130 Å². The van der Waals surface area contributed by atoms with Crippen LogP contribution >= 0.6 is 11.8 Å². The van der Waals surface area contributed by atoms with Crippen molar-refractivity contribution >= 4 is 11.8 Å². The topological polar surface area (TPSA) is 15.3 Å². The number of piperidine rings is 1. The van der Waals surface area contributed by atoms with E-state index in [1.807, 2.05) is 0 Å². The minimum Gasteiger partial charge on any atom is -0.310 e. The Balaban J connectivity index is 1.75. The van der Waals surface area contributed by atoms with E-state index in [9.17, 15) is 0 Å². The molecule has 0 aromatic heterocycles. The van der Waals surface area contributed by atoms with E-state index in [1.165, 1.54) is 64.6 Å². The van der Waals surface area contributed by atoms with Crippen molar-refractivity contribution in [3.05, 3.63) is 0 Å². The summed E-state index contributed by atoms with van der Waals surface area (Å²) in [5, 5.41) is 4.85. The van der Waals surface area contributed by atoms with Gasteiger partial charge in [-0.2, -0.15) is 11.8 Å². The van der Waals surface area contributed by atoms with Gasteiger partial charge in [0.2, 0.25) is 0 Å². The quantitative estimate of drug-likeness (QED) is 0.804. The van der Waals surface area contributed by atoms with Crippen molar-refractivity contribution in [3.63, 3.8) is 0 Å². The monoisotopic (exact) mass is 298 g/mol. The van der Waals surface area contributed by atoms with Crippen LogP contribution in [0.5, 0.6) is 0 Å². The molecule has 0 bridgehead atoms. The third kappa shape index (κ3) is 4.64. The standard InChI is InChI=1S/C17H34N2S/c1-4-11-19-12-9-15(10-13-19)14(2)18-16-7-5-6-8-17(16)20-3/h14-18H,4-13H2,1-3H3. The van der Waals surface area contributed by atoms with Gasteiger partial charge in [0.25, 0.3) is 0 Å². The van der Waals surface area contributed by atoms with Crippen LogP contribution in [0.4, 0.5) is 0 Å². The molecule has 1 aliphatic heterocycles. The fourth-order valence-electron chi connectivity index (χ4n) is 4.04. The molecule has 1 saturated carbocycles. The molecule has 0 aromatic carbocycles. The van der Waals surface area contributed by atoms with Gasteiger partial charge in [0, 0.05) is 17.3 Å². The molecule has 0 aromatic rings. The Bertz CT molecular complexity index is 264. The zero-order valence-corrected chi connectivity index (χ0v) is 14.6. The van der Waals surface area contributed by atoms with Gasteiger partial charge in [0.1, 0.15) is 0 Å². The van der Waals surface area contributed by atoms with Gasteiger partial charge in [0.05, 0.1) is 0 Å². The first kappa shape index (κ1) is 16.6. The van der Waals surface area contributed by atoms with Gasteiger partial charge in [-0.25, -0.2) is 0 Å². The van der Waals surface area contributed by atoms with Gasteiger partial charge < -0.3 is 10.2 Å². The van der Waals surface area contributed by atoms with E-state index in [-0.39, 0.29) is 0 Å². The number of nitrogens with zero attached hydrogens (tertiary/aromatic N) is 1. The summed E-state index contributed by atoms with van der Waals surface area (Å²) >= 11 is 2.08. The van der Waals surface area contributed by atoms with Gasteiger partial charge in [-0.05, 0) is 70.8 Å². The maximum absolute atomic E-state index is 4.00. The molecule has 0 spiro atoms. The molecule has 3 atom stereocenters. The zero-order chi connectivity index (χ0) is 14.4. The number of nitrogens with one attached hydrogen (secondary N) is 1. The third-order valence-corrected chi connectivity index (χ3v) is 6.53. The lowest BCUT2D eigenvalue weighted by Gasteiger charge is -2.39. The fourth-order valence-corrected chi connectivity index (χ4v) is 4.98. The highest BCUT2D eigenvalue weighted by molar-refractivity contribution is 7.99. The summed E-state index contributed by atoms with van der Waals surface area (Å²) in [5.41, 5.74) is 0. The van der Waals surface area contributed by atoms with Gasteiger partial charge in [-0.1, -0.05) is 19.8 Å². The number of likely N-dealkylation sites (tertiary alicyclic amines) is 1. The minimum atomic E-state index is 0.705. The van der Waals surface area contributed by atoms with Crippen molar-refractivity contribution in [2.45, 2.75) is 76.1 Å². The van der Waals surface area contributed by atoms with Crippen LogP contribution < -0.4 is 5.32 Å². The van der Waals surface area contributed by atoms with Crippen LogP contribution in [0.15, 0.2) is 0 Å². The first-order chi connectivity index (χ1) is 9.74. The third-order valence-electron chi connectivity index (χ3n) is 5.36. The van der Waals surface area contributed by atoms with E-state index < -0.39 is 0 Å². The van der Waals surface area contributed by atoms with Crippen LogP contribution in [0.2, 0.25) is 0 Å². The van der Waals surface area contributed by atoms with Crippen LogP contribution in [0.1, 0.15) is 58.8 Å². The van der Waals surface area contributed by atoms with Crippen molar-refractivity contribution in [1.82, 2.24) is 10.2 Å². The molecule has 118 valence electrons. The molecule has 0 amide bonds. The van der Waals surface area contributed by atoms with E-state index in [0.717, 1.165) is 17.2 Å². The first-order valence-electron chi connectivity index (χ1n) is 8.75. The van der Waals surface area contributed by atoms with Crippen LogP contribution in [0.3, 0.4) is 0 Å². The largest absolute Gasteiger partial charge is 0.310 e. The average Bonchev–Trinajstić information content (AvgIpc) is 2.49. The van der Waals surface area contributed by atoms with Crippen molar-refractivity contribution < 1.29 is 0 Å². The Morgan fingerprint density at radius 1 is 1.15 bits per heavy atom. The molecule has 2 rings (SSSR count). The Morgan fingerprint density at radius 2 is 1.85 bits per heavy atom. The Hall–Kier alpha value is 0.270. The molecule has 1 heterocycles. The SMILES string of the molecule is CCCN1CCC(C(C)NC2CCCCC2SC)CC1. The number of rotatable bonds is 6. The second kappa shape index (κ2) is 8.65. The molecule has 3 heteroatoms. The Kier molecular flexibility index (Phi) is 7.20. The summed E-state index contributed by atoms with van der Waals surface area (Å²) in [6.07, 6.45) is 12.1. The highest BCUT2D eigenvalue weighted by atomic mass is 32.2. The normalized spacial score (nSPS) is 31.4. The van der Waals surface area contributed by atoms with Crippen molar-refractivity contribution in [2.75, 3.05) is 25.9 Å². The van der Waals surface area contributed by atoms with E-state index in [0.29, 0.717) is 6.04 Å². The van der Waals surface area contributed by atoms with Gasteiger partial charge in [0.15, 0.2) is 0 Å². The first-order valence-corrected chi connectivity index (χ1v) is 10.0. The number of hydrogen-bond donors (Lipinski definition) is 1. The lowest BCUT2D eigenvalue weighted by molar-refractivity contribution is 0.155. The maximum Gasteiger partial charge on any atom is 0.0198 e. The van der Waals surface area contributed by atoms with Crippen molar-refractivity contribution in [3.8, 4) is 0 Å². The van der Waals surface area contributed by atoms with Crippen molar-refractivity contribution in [1.29, 1.82) is 0 Å². The van der Waals surface area contributed by atoms with E-state index in [4.69, 9.17) is 0 Å². The summed E-state index contributed by atoms with van der Waals surface area (Å²) < 4.78 is 0. The molecule has 3 unspecified atom stereocenters. The summed E-state index contributed by atoms with van der Waals surface area (Å²) in [6, 6.07) is 1.47. The minimum absolute atomic E-state index is 0.705. The lowest BCUT2D eigenvalue weighted by Crippen LogP contribution is -2.49. The molecular formula is C17H34N2S. The van der Waals surface area contributed by atoms with Crippen LogP contribution in [0.25, 0.3) is 0 Å². The fraction of sp³-hybridized carbons (Fsp3) is 1.00. The second-order valence-electron chi connectivity index (χ2n) is 6.80. The average molecular weight is 299 g/mol. The molecule has 20 heavy (non-hydrogen) atoms. The molecule has 1 saturated heterocycles. The number of thioether (sulfide) groups is 1. The smallest absolute Gasteiger partial charge is 0.0198 e. The highest BCUT2D eigenvalue weighted by Crippen LogP contribution is 2.29. The summed E-state index contributed by atoms with van der Waals surface area (Å²) in [4.78, 5) is 2.65. The Morgan fingerprint density at radius 3 is 2.50 bits per heavy atom. The summed E-state index contributed by atoms with van der Waals surface area (Å²) in [5.74, 6) is 0.896. The molecular weight excluding hydrogens is 264 g/mol. The van der Waals surface area contributed by atoms with Crippen LogP contribution in [-0.4, -0.2) is 48.1 Å².